The van der Waals surface area contributed by atoms with Gasteiger partial charge in [-0.05, 0) is 25.1 Å². The fourth-order valence-corrected chi connectivity index (χ4v) is 1.96. The Morgan fingerprint density at radius 1 is 1.10 bits per heavy atom. The molecule has 0 unspecified atom stereocenters. The molecule has 0 spiro atoms. The summed E-state index contributed by atoms with van der Waals surface area (Å²) in [5.74, 6) is -1.15. The van der Waals surface area contributed by atoms with Crippen molar-refractivity contribution in [2.24, 2.45) is 0 Å². The first-order valence-electron chi connectivity index (χ1n) is 5.97. The highest BCUT2D eigenvalue weighted by molar-refractivity contribution is 5.94. The number of benzene rings is 1. The summed E-state index contributed by atoms with van der Waals surface area (Å²) in [6, 6.07) is 3.94. The SMILES string of the molecule is CCc1nnc(C)n1-c1cc(C(=O)O)cc(C(=O)O)c1. The molecule has 0 saturated carbocycles. The summed E-state index contributed by atoms with van der Waals surface area (Å²) < 4.78 is 1.65. The summed E-state index contributed by atoms with van der Waals surface area (Å²) >= 11 is 0. The summed E-state index contributed by atoms with van der Waals surface area (Å²) in [6.07, 6.45) is 0.598. The number of hydrogen-bond donors (Lipinski definition) is 2. The molecule has 7 nitrogen and oxygen atoms in total. The van der Waals surface area contributed by atoms with Gasteiger partial charge >= 0.3 is 11.9 Å². The quantitative estimate of drug-likeness (QED) is 0.876. The van der Waals surface area contributed by atoms with Crippen LogP contribution in [0.2, 0.25) is 0 Å². The summed E-state index contributed by atoms with van der Waals surface area (Å²) in [7, 11) is 0. The Morgan fingerprint density at radius 3 is 2.10 bits per heavy atom. The minimum Gasteiger partial charge on any atom is -0.478 e. The van der Waals surface area contributed by atoms with Crippen LogP contribution in [0.1, 0.15) is 39.3 Å². The largest absolute Gasteiger partial charge is 0.478 e. The van der Waals surface area contributed by atoms with Crippen molar-refractivity contribution in [1.82, 2.24) is 14.8 Å². The van der Waals surface area contributed by atoms with E-state index in [1.54, 1.807) is 11.5 Å². The summed E-state index contributed by atoms with van der Waals surface area (Å²) in [6.45, 7) is 3.61. The molecule has 2 N–H and O–H groups in total. The number of hydrogen-bond acceptors (Lipinski definition) is 4. The first kappa shape index (κ1) is 13.7. The van der Waals surface area contributed by atoms with Crippen molar-refractivity contribution in [3.05, 3.63) is 41.0 Å². The smallest absolute Gasteiger partial charge is 0.335 e. The molecular weight excluding hydrogens is 262 g/mol. The predicted octanol–water partition coefficient (Wildman–Crippen LogP) is 1.53. The Kier molecular flexibility index (Phi) is 3.51. The molecule has 1 heterocycles. The van der Waals surface area contributed by atoms with Gasteiger partial charge in [-0.3, -0.25) is 4.57 Å². The lowest BCUT2D eigenvalue weighted by Crippen LogP contribution is -2.08. The van der Waals surface area contributed by atoms with E-state index in [0.717, 1.165) is 6.07 Å². The lowest BCUT2D eigenvalue weighted by molar-refractivity contribution is 0.0696. The molecule has 2 rings (SSSR count). The van der Waals surface area contributed by atoms with E-state index in [0.29, 0.717) is 23.8 Å². The van der Waals surface area contributed by atoms with Crippen LogP contribution in [-0.4, -0.2) is 36.9 Å². The standard InChI is InChI=1S/C13H13N3O4/c1-3-11-15-14-7(2)16(11)10-5-8(12(17)18)4-9(6-10)13(19)20/h4-6H,3H2,1-2H3,(H,17,18)(H,19,20). The molecule has 0 aliphatic heterocycles. The highest BCUT2D eigenvalue weighted by Gasteiger charge is 2.15. The van der Waals surface area contributed by atoms with Gasteiger partial charge < -0.3 is 10.2 Å². The van der Waals surface area contributed by atoms with Crippen molar-refractivity contribution < 1.29 is 19.8 Å². The number of carboxylic acids is 2. The van der Waals surface area contributed by atoms with Crippen LogP contribution >= 0.6 is 0 Å². The normalized spacial score (nSPS) is 10.5. The lowest BCUT2D eigenvalue weighted by atomic mass is 10.1. The minimum atomic E-state index is -1.18. The topological polar surface area (TPSA) is 105 Å². The zero-order valence-electron chi connectivity index (χ0n) is 11.0. The van der Waals surface area contributed by atoms with Crippen LogP contribution in [0.3, 0.4) is 0 Å². The molecule has 0 saturated heterocycles. The number of rotatable bonds is 4. The molecule has 2 aromatic rings. The van der Waals surface area contributed by atoms with Crippen LogP contribution in [-0.2, 0) is 6.42 Å². The van der Waals surface area contributed by atoms with Gasteiger partial charge in [-0.15, -0.1) is 10.2 Å². The molecule has 0 amide bonds. The van der Waals surface area contributed by atoms with Crippen molar-refractivity contribution in [2.45, 2.75) is 20.3 Å². The molecule has 0 atom stereocenters. The molecule has 0 radical (unpaired) electrons. The second kappa shape index (κ2) is 5.12. The van der Waals surface area contributed by atoms with Gasteiger partial charge in [0.15, 0.2) is 0 Å². The Morgan fingerprint density at radius 2 is 1.65 bits per heavy atom. The van der Waals surface area contributed by atoms with Gasteiger partial charge in [0, 0.05) is 6.42 Å². The number of aryl methyl sites for hydroxylation is 2. The van der Waals surface area contributed by atoms with Crippen LogP contribution in [0.15, 0.2) is 18.2 Å². The van der Waals surface area contributed by atoms with E-state index in [-0.39, 0.29) is 11.1 Å². The molecule has 104 valence electrons. The van der Waals surface area contributed by atoms with Crippen molar-refractivity contribution in [3.8, 4) is 5.69 Å². The van der Waals surface area contributed by atoms with Gasteiger partial charge in [-0.1, -0.05) is 6.92 Å². The lowest BCUT2D eigenvalue weighted by Gasteiger charge is -2.10. The second-order valence-corrected chi connectivity index (χ2v) is 4.23. The van der Waals surface area contributed by atoms with E-state index in [2.05, 4.69) is 10.2 Å². The van der Waals surface area contributed by atoms with Crippen LogP contribution in [0, 0.1) is 6.92 Å². The molecule has 1 aromatic carbocycles. The van der Waals surface area contributed by atoms with Crippen molar-refractivity contribution in [3.63, 3.8) is 0 Å². The Labute approximate surface area is 114 Å². The van der Waals surface area contributed by atoms with Crippen LogP contribution in [0.4, 0.5) is 0 Å². The van der Waals surface area contributed by atoms with Gasteiger partial charge in [-0.2, -0.15) is 0 Å². The molecule has 0 aliphatic rings. The maximum atomic E-state index is 11.1. The molecule has 7 heteroatoms. The van der Waals surface area contributed by atoms with E-state index in [1.165, 1.54) is 12.1 Å². The summed E-state index contributed by atoms with van der Waals surface area (Å²) in [5, 5.41) is 26.1. The number of aromatic carboxylic acids is 2. The molecule has 20 heavy (non-hydrogen) atoms. The van der Waals surface area contributed by atoms with Gasteiger partial charge in [0.05, 0.1) is 16.8 Å². The third kappa shape index (κ3) is 2.37. The second-order valence-electron chi connectivity index (χ2n) is 4.23. The zero-order valence-corrected chi connectivity index (χ0v) is 11.0. The van der Waals surface area contributed by atoms with E-state index in [9.17, 15) is 9.59 Å². The van der Waals surface area contributed by atoms with E-state index in [1.807, 2.05) is 6.92 Å². The average Bonchev–Trinajstić information content (AvgIpc) is 2.79. The third-order valence-corrected chi connectivity index (χ3v) is 2.88. The third-order valence-electron chi connectivity index (χ3n) is 2.88. The first-order valence-corrected chi connectivity index (χ1v) is 5.97. The van der Waals surface area contributed by atoms with Crippen molar-refractivity contribution in [2.75, 3.05) is 0 Å². The number of carboxylic acid groups (broad SMARTS) is 2. The summed E-state index contributed by atoms with van der Waals surface area (Å²) in [4.78, 5) is 22.2. The summed E-state index contributed by atoms with van der Waals surface area (Å²) in [5.41, 5.74) is 0.256. The van der Waals surface area contributed by atoms with E-state index < -0.39 is 11.9 Å². The molecule has 1 aromatic heterocycles. The fraction of sp³-hybridized carbons (Fsp3) is 0.231. The number of nitrogens with zero attached hydrogens (tertiary/aromatic N) is 3. The maximum Gasteiger partial charge on any atom is 0.335 e. The highest BCUT2D eigenvalue weighted by atomic mass is 16.4. The monoisotopic (exact) mass is 275 g/mol. The minimum absolute atomic E-state index is 0.0879. The fourth-order valence-electron chi connectivity index (χ4n) is 1.96. The zero-order chi connectivity index (χ0) is 14.9. The van der Waals surface area contributed by atoms with Gasteiger partial charge in [-0.25, -0.2) is 9.59 Å². The molecular formula is C13H13N3O4. The van der Waals surface area contributed by atoms with Gasteiger partial charge in [0.2, 0.25) is 0 Å². The molecule has 0 bridgehead atoms. The molecule has 0 fully saturated rings. The highest BCUT2D eigenvalue weighted by Crippen LogP contribution is 2.18. The predicted molar refractivity (Wildman–Crippen MR) is 69.4 cm³/mol. The van der Waals surface area contributed by atoms with Crippen LogP contribution in [0.25, 0.3) is 5.69 Å². The van der Waals surface area contributed by atoms with Gasteiger partial charge in [0.25, 0.3) is 0 Å². The van der Waals surface area contributed by atoms with Crippen LogP contribution < -0.4 is 0 Å². The Hall–Kier alpha value is -2.70. The first-order chi connectivity index (χ1) is 9.43. The molecule has 0 aliphatic carbocycles. The van der Waals surface area contributed by atoms with Crippen LogP contribution in [0.5, 0.6) is 0 Å². The van der Waals surface area contributed by atoms with Crippen molar-refractivity contribution in [1.29, 1.82) is 0 Å². The maximum absolute atomic E-state index is 11.1. The number of carbonyl (C=O) groups is 2. The van der Waals surface area contributed by atoms with Crippen molar-refractivity contribution >= 4 is 11.9 Å². The Balaban J connectivity index is 2.70. The average molecular weight is 275 g/mol. The van der Waals surface area contributed by atoms with E-state index in [4.69, 9.17) is 10.2 Å². The number of aromatic nitrogens is 3. The Bertz CT molecular complexity index is 659. The van der Waals surface area contributed by atoms with Gasteiger partial charge in [0.1, 0.15) is 11.6 Å². The van der Waals surface area contributed by atoms with E-state index >= 15 is 0 Å².